The molecule has 1 aromatic heterocycles. The molecule has 0 bridgehead atoms. The minimum Gasteiger partial charge on any atom is -0.352 e. The molecule has 0 spiro atoms. The zero-order valence-electron chi connectivity index (χ0n) is 12.6. The fourth-order valence-corrected chi connectivity index (χ4v) is 3.49. The summed E-state index contributed by atoms with van der Waals surface area (Å²) in [5.74, 6) is 1.01. The first kappa shape index (κ1) is 13.8. The number of rotatable bonds is 2. The predicted molar refractivity (Wildman–Crippen MR) is 80.8 cm³/mol. The lowest BCUT2D eigenvalue weighted by molar-refractivity contribution is 0.133. The highest BCUT2D eigenvalue weighted by Gasteiger charge is 2.30. The summed E-state index contributed by atoms with van der Waals surface area (Å²) in [6.07, 6.45) is 4.03. The van der Waals surface area contributed by atoms with Crippen LogP contribution in [0.1, 0.15) is 36.1 Å². The van der Waals surface area contributed by atoms with Gasteiger partial charge in [0.1, 0.15) is 0 Å². The second-order valence-corrected chi connectivity index (χ2v) is 6.05. The minimum atomic E-state index is 0.544. The van der Waals surface area contributed by atoms with Crippen molar-refractivity contribution in [2.75, 3.05) is 31.1 Å². The van der Waals surface area contributed by atoms with Crippen LogP contribution in [0.3, 0.4) is 0 Å². The first-order valence-electron chi connectivity index (χ1n) is 7.72. The van der Waals surface area contributed by atoms with Crippen LogP contribution in [0.2, 0.25) is 0 Å². The topological polar surface area (TPSA) is 58.3 Å². The number of piperidine rings is 1. The van der Waals surface area contributed by atoms with Gasteiger partial charge in [0, 0.05) is 37.8 Å². The van der Waals surface area contributed by atoms with Crippen LogP contribution in [0, 0.1) is 13.8 Å². The smallest absolute Gasteiger partial charge is 0.156 e. The van der Waals surface area contributed by atoms with Crippen LogP contribution in [0.4, 0.5) is 5.82 Å². The molecule has 0 aromatic carbocycles. The summed E-state index contributed by atoms with van der Waals surface area (Å²) in [7, 11) is 0. The van der Waals surface area contributed by atoms with Gasteiger partial charge >= 0.3 is 0 Å². The Balaban J connectivity index is 1.84. The SMILES string of the molecule is Cc1nnc(N2CCN3CCCCC3C2)c(CN)c1C. The summed E-state index contributed by atoms with van der Waals surface area (Å²) < 4.78 is 0. The van der Waals surface area contributed by atoms with Crippen LogP contribution in [0.5, 0.6) is 0 Å². The second-order valence-electron chi connectivity index (χ2n) is 6.05. The van der Waals surface area contributed by atoms with Gasteiger partial charge in [-0.15, -0.1) is 5.10 Å². The van der Waals surface area contributed by atoms with E-state index in [0.717, 1.165) is 31.1 Å². The molecule has 2 N–H and O–H groups in total. The summed E-state index contributed by atoms with van der Waals surface area (Å²) in [4.78, 5) is 5.03. The largest absolute Gasteiger partial charge is 0.352 e. The maximum Gasteiger partial charge on any atom is 0.156 e. The van der Waals surface area contributed by atoms with Gasteiger partial charge in [0.05, 0.1) is 5.69 Å². The van der Waals surface area contributed by atoms with Gasteiger partial charge in [0.2, 0.25) is 0 Å². The number of hydrogen-bond donors (Lipinski definition) is 1. The third-order valence-electron chi connectivity index (χ3n) is 4.90. The fraction of sp³-hybridized carbons (Fsp3) is 0.733. The number of nitrogens with zero attached hydrogens (tertiary/aromatic N) is 4. The Morgan fingerprint density at radius 1 is 1.15 bits per heavy atom. The third-order valence-corrected chi connectivity index (χ3v) is 4.90. The Hall–Kier alpha value is -1.20. The van der Waals surface area contributed by atoms with Crippen molar-refractivity contribution in [1.29, 1.82) is 0 Å². The summed E-state index contributed by atoms with van der Waals surface area (Å²) in [5.41, 5.74) is 9.31. The maximum atomic E-state index is 5.95. The van der Waals surface area contributed by atoms with E-state index >= 15 is 0 Å². The van der Waals surface area contributed by atoms with Crippen molar-refractivity contribution in [3.05, 3.63) is 16.8 Å². The van der Waals surface area contributed by atoms with Gasteiger partial charge in [-0.2, -0.15) is 5.10 Å². The summed E-state index contributed by atoms with van der Waals surface area (Å²) in [6, 6.07) is 0.687. The molecule has 20 heavy (non-hydrogen) atoms. The van der Waals surface area contributed by atoms with Crippen molar-refractivity contribution in [1.82, 2.24) is 15.1 Å². The lowest BCUT2D eigenvalue weighted by Crippen LogP contribution is -2.55. The van der Waals surface area contributed by atoms with Crippen LogP contribution in [0.15, 0.2) is 0 Å². The van der Waals surface area contributed by atoms with E-state index < -0.39 is 0 Å². The monoisotopic (exact) mass is 275 g/mol. The molecule has 110 valence electrons. The highest BCUT2D eigenvalue weighted by Crippen LogP contribution is 2.27. The average Bonchev–Trinajstić information content (AvgIpc) is 2.49. The van der Waals surface area contributed by atoms with Gasteiger partial charge < -0.3 is 10.6 Å². The van der Waals surface area contributed by atoms with E-state index in [1.165, 1.54) is 36.9 Å². The molecule has 0 aliphatic carbocycles. The van der Waals surface area contributed by atoms with Crippen molar-refractivity contribution < 1.29 is 0 Å². The van der Waals surface area contributed by atoms with E-state index in [-0.39, 0.29) is 0 Å². The first-order chi connectivity index (χ1) is 9.70. The van der Waals surface area contributed by atoms with Crippen LogP contribution in [-0.2, 0) is 6.54 Å². The lowest BCUT2D eigenvalue weighted by atomic mass is 9.99. The molecule has 2 aliphatic heterocycles. The van der Waals surface area contributed by atoms with E-state index in [4.69, 9.17) is 5.73 Å². The van der Waals surface area contributed by atoms with E-state index in [1.54, 1.807) is 0 Å². The molecule has 5 nitrogen and oxygen atoms in total. The zero-order valence-corrected chi connectivity index (χ0v) is 12.6. The molecule has 2 saturated heterocycles. The van der Waals surface area contributed by atoms with Gasteiger partial charge in [-0.25, -0.2) is 0 Å². The average molecular weight is 275 g/mol. The number of piperazine rings is 1. The molecule has 3 rings (SSSR count). The Morgan fingerprint density at radius 3 is 2.80 bits per heavy atom. The Labute approximate surface area is 121 Å². The summed E-state index contributed by atoms with van der Waals surface area (Å²) in [5, 5.41) is 8.75. The number of hydrogen-bond acceptors (Lipinski definition) is 5. The number of anilines is 1. The summed E-state index contributed by atoms with van der Waals surface area (Å²) >= 11 is 0. The molecule has 0 radical (unpaired) electrons. The molecule has 1 aromatic rings. The first-order valence-corrected chi connectivity index (χ1v) is 7.72. The Morgan fingerprint density at radius 2 is 2.00 bits per heavy atom. The molecular formula is C15H25N5. The van der Waals surface area contributed by atoms with Crippen LogP contribution in [-0.4, -0.2) is 47.3 Å². The number of nitrogens with two attached hydrogens (primary N) is 1. The van der Waals surface area contributed by atoms with E-state index in [1.807, 2.05) is 6.92 Å². The minimum absolute atomic E-state index is 0.544. The normalized spacial score (nSPS) is 23.8. The van der Waals surface area contributed by atoms with Crippen molar-refractivity contribution in [2.45, 2.75) is 45.7 Å². The van der Waals surface area contributed by atoms with Crippen molar-refractivity contribution in [3.63, 3.8) is 0 Å². The predicted octanol–water partition coefficient (Wildman–Crippen LogP) is 1.23. The number of fused-ring (bicyclic) bond motifs is 1. The third kappa shape index (κ3) is 2.40. The Kier molecular flexibility index (Phi) is 3.89. The van der Waals surface area contributed by atoms with Crippen LogP contribution in [0.25, 0.3) is 0 Å². The standard InChI is InChI=1S/C15H25N5/c1-11-12(2)17-18-15(14(11)9-16)20-8-7-19-6-4-3-5-13(19)10-20/h13H,3-10,16H2,1-2H3. The zero-order chi connectivity index (χ0) is 14.1. The molecular weight excluding hydrogens is 250 g/mol. The molecule has 2 fully saturated rings. The van der Waals surface area contributed by atoms with Crippen molar-refractivity contribution in [2.24, 2.45) is 5.73 Å². The van der Waals surface area contributed by atoms with Gasteiger partial charge in [-0.05, 0) is 38.8 Å². The highest BCUT2D eigenvalue weighted by molar-refractivity contribution is 5.51. The molecule has 0 amide bonds. The fourth-order valence-electron chi connectivity index (χ4n) is 3.49. The Bertz CT molecular complexity index is 487. The number of aryl methyl sites for hydroxylation is 1. The highest BCUT2D eigenvalue weighted by atomic mass is 15.3. The second kappa shape index (κ2) is 5.66. The van der Waals surface area contributed by atoms with E-state index in [9.17, 15) is 0 Å². The van der Waals surface area contributed by atoms with E-state index in [2.05, 4.69) is 26.9 Å². The van der Waals surface area contributed by atoms with Gasteiger partial charge in [0.25, 0.3) is 0 Å². The van der Waals surface area contributed by atoms with Crippen molar-refractivity contribution in [3.8, 4) is 0 Å². The molecule has 5 heteroatoms. The molecule has 1 atom stereocenters. The van der Waals surface area contributed by atoms with Gasteiger partial charge in [0.15, 0.2) is 5.82 Å². The lowest BCUT2D eigenvalue weighted by Gasteiger charge is -2.44. The van der Waals surface area contributed by atoms with E-state index in [0.29, 0.717) is 12.6 Å². The van der Waals surface area contributed by atoms with Crippen molar-refractivity contribution >= 4 is 5.82 Å². The maximum absolute atomic E-state index is 5.95. The molecule has 3 heterocycles. The quantitative estimate of drug-likeness (QED) is 0.879. The number of aromatic nitrogens is 2. The van der Waals surface area contributed by atoms with Gasteiger partial charge in [-0.3, -0.25) is 4.90 Å². The molecule has 0 saturated carbocycles. The van der Waals surface area contributed by atoms with Gasteiger partial charge in [-0.1, -0.05) is 6.42 Å². The molecule has 2 aliphatic rings. The molecule has 1 unspecified atom stereocenters. The van der Waals surface area contributed by atoms with Crippen LogP contribution >= 0.6 is 0 Å². The summed E-state index contributed by atoms with van der Waals surface area (Å²) in [6.45, 7) is 9.17. The van der Waals surface area contributed by atoms with Crippen LogP contribution < -0.4 is 10.6 Å².